The zero-order chi connectivity index (χ0) is 32.3. The summed E-state index contributed by atoms with van der Waals surface area (Å²) in [5, 5.41) is 9.37. The van der Waals surface area contributed by atoms with E-state index in [0.29, 0.717) is 17.9 Å². The number of nitrogens with zero attached hydrogens (tertiary/aromatic N) is 2. The van der Waals surface area contributed by atoms with Crippen LogP contribution in [0.4, 0.5) is 0 Å². The molecule has 0 bridgehead atoms. The lowest BCUT2D eigenvalue weighted by Gasteiger charge is -2.30. The molecule has 1 aliphatic heterocycles. The summed E-state index contributed by atoms with van der Waals surface area (Å²) >= 11 is 0. The topological polar surface area (TPSA) is 29.3 Å². The molecule has 6 aromatic carbocycles. The van der Waals surface area contributed by atoms with Crippen LogP contribution in [0.15, 0.2) is 151 Å². The van der Waals surface area contributed by atoms with Gasteiger partial charge in [0.1, 0.15) is 6.17 Å². The molecule has 3 aliphatic rings. The third-order valence-electron chi connectivity index (χ3n) is 11.5. The third-order valence-corrected chi connectivity index (χ3v) is 11.5. The lowest BCUT2D eigenvalue weighted by atomic mass is 9.83. The fraction of sp³-hybridized carbons (Fsp3) is 0.196. The summed E-state index contributed by atoms with van der Waals surface area (Å²) in [6, 6.07) is 51.6. The van der Waals surface area contributed by atoms with E-state index in [0.717, 1.165) is 23.4 Å². The maximum Gasteiger partial charge on any atom is 0.146 e. The Labute approximate surface area is 287 Å². The lowest BCUT2D eigenvalue weighted by molar-refractivity contribution is 0.309. The number of para-hydroxylation sites is 2. The van der Waals surface area contributed by atoms with Crippen molar-refractivity contribution in [3.8, 4) is 0 Å². The zero-order valence-corrected chi connectivity index (χ0v) is 27.6. The highest BCUT2D eigenvalue weighted by Crippen LogP contribution is 2.54. The van der Waals surface area contributed by atoms with E-state index >= 15 is 0 Å². The molecule has 0 radical (unpaired) electrons. The van der Waals surface area contributed by atoms with Crippen molar-refractivity contribution >= 4 is 44.0 Å². The fourth-order valence-electron chi connectivity index (χ4n) is 9.49. The Bertz CT molecular complexity index is 2360. The minimum atomic E-state index is -0.191. The minimum Gasteiger partial charge on any atom is -0.359 e. The van der Waals surface area contributed by atoms with Crippen molar-refractivity contribution in [2.75, 3.05) is 0 Å². The first-order chi connectivity index (χ1) is 24.3. The van der Waals surface area contributed by atoms with Gasteiger partial charge in [0.15, 0.2) is 0 Å². The molecule has 1 aromatic heterocycles. The fourth-order valence-corrected chi connectivity index (χ4v) is 9.49. The summed E-state index contributed by atoms with van der Waals surface area (Å²) in [4.78, 5) is 5.43. The van der Waals surface area contributed by atoms with Crippen molar-refractivity contribution in [1.29, 1.82) is 0 Å². The van der Waals surface area contributed by atoms with Gasteiger partial charge in [-0.2, -0.15) is 0 Å². The second-order valence-electron chi connectivity index (χ2n) is 14.2. The number of hydrogen-bond acceptors (Lipinski definition) is 2. The molecule has 4 unspecified atom stereocenters. The first kappa shape index (κ1) is 28.6. The van der Waals surface area contributed by atoms with Crippen LogP contribution in [0, 0.1) is 5.92 Å². The molecule has 10 rings (SSSR count). The molecule has 2 aliphatic carbocycles. The van der Waals surface area contributed by atoms with Crippen molar-refractivity contribution in [2.24, 2.45) is 10.9 Å². The maximum atomic E-state index is 5.43. The predicted molar refractivity (Wildman–Crippen MR) is 204 cm³/mol. The molecule has 1 fully saturated rings. The van der Waals surface area contributed by atoms with Crippen molar-refractivity contribution in [3.05, 3.63) is 173 Å². The highest BCUT2D eigenvalue weighted by Gasteiger charge is 2.42. The molecule has 1 N–H and O–H groups in total. The average molecular weight is 634 g/mol. The van der Waals surface area contributed by atoms with Gasteiger partial charge in [0, 0.05) is 39.1 Å². The third kappa shape index (κ3) is 4.67. The Morgan fingerprint density at radius 1 is 0.592 bits per heavy atom. The first-order valence-electron chi connectivity index (χ1n) is 18.0. The van der Waals surface area contributed by atoms with Gasteiger partial charge in [-0.3, -0.25) is 4.99 Å². The standard InChI is InChI=1S/C46H39N3/c1-3-15-30(16-4-1)40-29-41(31-17-5-2-6-18-31)48-46(47-40)39-28-32-27-38-37(45(32)36-22-8-7-19-33(36)39)23-11-14-26-44(38)49-42-24-12-9-20-34(42)35-21-10-13-25-43(35)49/h1-10,12-13,15-22,24-25,28-29,37-38,44,46-47H,11,14,23,26-27H2. The van der Waals surface area contributed by atoms with Gasteiger partial charge >= 0.3 is 0 Å². The van der Waals surface area contributed by atoms with Crippen LogP contribution in [-0.2, 0) is 6.42 Å². The van der Waals surface area contributed by atoms with Gasteiger partial charge in [-0.05, 0) is 82.3 Å². The summed E-state index contributed by atoms with van der Waals surface area (Å²) in [5.74, 6) is 1.10. The van der Waals surface area contributed by atoms with E-state index in [1.54, 1.807) is 5.56 Å². The Kier molecular flexibility index (Phi) is 6.79. The number of aliphatic imine (C=N–C) groups is 1. The molecule has 3 nitrogen and oxygen atoms in total. The highest BCUT2D eigenvalue weighted by atomic mass is 15.1. The molecule has 0 amide bonds. The molecule has 2 heterocycles. The van der Waals surface area contributed by atoms with Crippen LogP contribution < -0.4 is 5.32 Å². The van der Waals surface area contributed by atoms with Crippen LogP contribution in [0.5, 0.6) is 0 Å². The summed E-state index contributed by atoms with van der Waals surface area (Å²) < 4.78 is 2.73. The SMILES string of the molecule is C1=C(c2ccccc2)NC(c2cc3c(c4ccccc24)C2CCCCC(n4c5ccccc5c5ccccc54)C2C3)N=C1c1ccccc1. The second kappa shape index (κ2) is 11.6. The summed E-state index contributed by atoms with van der Waals surface area (Å²) in [6.07, 6.45) is 8.17. The van der Waals surface area contributed by atoms with Gasteiger partial charge < -0.3 is 9.88 Å². The Morgan fingerprint density at radius 3 is 1.90 bits per heavy atom. The van der Waals surface area contributed by atoms with Crippen molar-refractivity contribution in [3.63, 3.8) is 0 Å². The number of rotatable bonds is 4. The molecule has 1 saturated carbocycles. The Morgan fingerprint density at radius 2 is 1.18 bits per heavy atom. The van der Waals surface area contributed by atoms with Crippen LogP contribution in [0.1, 0.15) is 71.6 Å². The number of fused-ring (bicyclic) bond motifs is 8. The molecular formula is C46H39N3. The smallest absolute Gasteiger partial charge is 0.146 e. The maximum absolute atomic E-state index is 5.43. The van der Waals surface area contributed by atoms with Crippen LogP contribution in [-0.4, -0.2) is 10.3 Å². The molecule has 0 saturated heterocycles. The van der Waals surface area contributed by atoms with E-state index in [1.807, 2.05) is 0 Å². The number of hydrogen-bond donors (Lipinski definition) is 1. The van der Waals surface area contributed by atoms with Crippen LogP contribution in [0.3, 0.4) is 0 Å². The first-order valence-corrected chi connectivity index (χ1v) is 18.0. The van der Waals surface area contributed by atoms with E-state index in [4.69, 9.17) is 4.99 Å². The van der Waals surface area contributed by atoms with E-state index in [9.17, 15) is 0 Å². The van der Waals surface area contributed by atoms with E-state index < -0.39 is 0 Å². The number of nitrogens with one attached hydrogen (secondary N) is 1. The van der Waals surface area contributed by atoms with Gasteiger partial charge in [-0.25, -0.2) is 0 Å². The molecule has 238 valence electrons. The number of aromatic nitrogens is 1. The van der Waals surface area contributed by atoms with Crippen LogP contribution in [0.25, 0.3) is 38.3 Å². The van der Waals surface area contributed by atoms with E-state index in [2.05, 4.69) is 155 Å². The van der Waals surface area contributed by atoms with Gasteiger partial charge in [0.2, 0.25) is 0 Å². The Hall–Kier alpha value is -5.41. The Balaban J connectivity index is 1.12. The minimum absolute atomic E-state index is 0.191. The second-order valence-corrected chi connectivity index (χ2v) is 14.2. The summed E-state index contributed by atoms with van der Waals surface area (Å²) in [7, 11) is 0. The van der Waals surface area contributed by atoms with Crippen molar-refractivity contribution in [2.45, 2.75) is 50.2 Å². The zero-order valence-electron chi connectivity index (χ0n) is 27.6. The van der Waals surface area contributed by atoms with Crippen LogP contribution >= 0.6 is 0 Å². The highest BCUT2D eigenvalue weighted by molar-refractivity contribution is 6.13. The molecule has 7 aromatic rings. The normalized spacial score (nSPS) is 21.9. The molecule has 0 spiro atoms. The van der Waals surface area contributed by atoms with Crippen molar-refractivity contribution < 1.29 is 0 Å². The number of allylic oxidation sites excluding steroid dienone is 1. The quantitative estimate of drug-likeness (QED) is 0.205. The van der Waals surface area contributed by atoms with E-state index in [1.165, 1.54) is 75.0 Å². The molecule has 49 heavy (non-hydrogen) atoms. The summed E-state index contributed by atoms with van der Waals surface area (Å²) in [6.45, 7) is 0. The van der Waals surface area contributed by atoms with Gasteiger partial charge in [0.25, 0.3) is 0 Å². The number of benzene rings is 6. The van der Waals surface area contributed by atoms with Crippen molar-refractivity contribution in [1.82, 2.24) is 9.88 Å². The predicted octanol–water partition coefficient (Wildman–Crippen LogP) is 11.2. The largest absolute Gasteiger partial charge is 0.359 e. The lowest BCUT2D eigenvalue weighted by Crippen LogP contribution is -2.25. The average Bonchev–Trinajstić information content (AvgIpc) is 3.63. The monoisotopic (exact) mass is 633 g/mol. The van der Waals surface area contributed by atoms with Gasteiger partial charge in [-0.1, -0.05) is 140 Å². The van der Waals surface area contributed by atoms with Gasteiger partial charge in [-0.15, -0.1) is 0 Å². The molecular weight excluding hydrogens is 595 g/mol. The van der Waals surface area contributed by atoms with E-state index in [-0.39, 0.29) is 6.17 Å². The molecule has 3 heteroatoms. The summed E-state index contributed by atoms with van der Waals surface area (Å²) in [5.41, 5.74) is 11.6. The molecule has 4 atom stereocenters. The van der Waals surface area contributed by atoms with Crippen LogP contribution in [0.2, 0.25) is 0 Å². The van der Waals surface area contributed by atoms with Gasteiger partial charge in [0.05, 0.1) is 5.71 Å².